The molecular formula is C23H35N5O6S. The maximum atomic E-state index is 13.0. The van der Waals surface area contributed by atoms with E-state index in [0.29, 0.717) is 5.56 Å². The summed E-state index contributed by atoms with van der Waals surface area (Å²) >= 11 is 3.98. The van der Waals surface area contributed by atoms with Gasteiger partial charge in [-0.15, -0.1) is 0 Å². The highest BCUT2D eigenvalue weighted by Crippen LogP contribution is 2.09. The number of nitrogens with one attached hydrogen (secondary N) is 3. The van der Waals surface area contributed by atoms with Crippen LogP contribution in [-0.4, -0.2) is 64.6 Å². The van der Waals surface area contributed by atoms with Crippen LogP contribution in [0.15, 0.2) is 30.3 Å². The van der Waals surface area contributed by atoms with Gasteiger partial charge in [-0.25, -0.2) is 4.79 Å². The molecule has 4 unspecified atom stereocenters. The van der Waals surface area contributed by atoms with Gasteiger partial charge in [-0.2, -0.15) is 12.6 Å². The van der Waals surface area contributed by atoms with Crippen molar-refractivity contribution in [2.24, 2.45) is 17.4 Å². The fourth-order valence-corrected chi connectivity index (χ4v) is 3.38. The van der Waals surface area contributed by atoms with Crippen LogP contribution in [0, 0.1) is 5.92 Å². The first-order valence-electron chi connectivity index (χ1n) is 11.3. The maximum Gasteiger partial charge on any atom is 0.326 e. The number of primary amides is 1. The largest absolute Gasteiger partial charge is 0.480 e. The van der Waals surface area contributed by atoms with Gasteiger partial charge in [-0.3, -0.25) is 19.2 Å². The van der Waals surface area contributed by atoms with Gasteiger partial charge < -0.3 is 32.5 Å². The third-order valence-corrected chi connectivity index (χ3v) is 5.48. The molecule has 0 fully saturated rings. The van der Waals surface area contributed by atoms with Gasteiger partial charge in [0.1, 0.15) is 18.1 Å². The Morgan fingerprint density at radius 3 is 1.97 bits per heavy atom. The van der Waals surface area contributed by atoms with Crippen LogP contribution < -0.4 is 27.4 Å². The Labute approximate surface area is 210 Å². The van der Waals surface area contributed by atoms with Gasteiger partial charge in [0.25, 0.3) is 0 Å². The lowest BCUT2D eigenvalue weighted by Crippen LogP contribution is -2.57. The summed E-state index contributed by atoms with van der Waals surface area (Å²) in [5.41, 5.74) is 11.6. The van der Waals surface area contributed by atoms with Crippen molar-refractivity contribution >= 4 is 42.2 Å². The van der Waals surface area contributed by atoms with Crippen molar-refractivity contribution in [3.8, 4) is 0 Å². The minimum Gasteiger partial charge on any atom is -0.480 e. The lowest BCUT2D eigenvalue weighted by molar-refractivity contribution is -0.142. The van der Waals surface area contributed by atoms with Crippen molar-refractivity contribution in [2.75, 3.05) is 5.75 Å². The zero-order valence-corrected chi connectivity index (χ0v) is 20.8. The summed E-state index contributed by atoms with van der Waals surface area (Å²) in [5.74, 6) is -3.90. The normalized spacial score (nSPS) is 14.3. The van der Waals surface area contributed by atoms with Crippen LogP contribution in [0.5, 0.6) is 0 Å². The van der Waals surface area contributed by atoms with E-state index in [1.165, 1.54) is 0 Å². The number of carbonyl (C=O) groups excluding carboxylic acids is 4. The summed E-state index contributed by atoms with van der Waals surface area (Å²) in [5, 5.41) is 17.1. The molecule has 8 N–H and O–H groups in total. The number of aliphatic carboxylic acids is 1. The lowest BCUT2D eigenvalue weighted by atomic mass is 10.0. The molecule has 0 spiro atoms. The third kappa shape index (κ3) is 11.2. The summed E-state index contributed by atoms with van der Waals surface area (Å²) in [6, 6.07) is 4.27. The summed E-state index contributed by atoms with van der Waals surface area (Å²) < 4.78 is 0. The fraction of sp³-hybridized carbons (Fsp3) is 0.522. The summed E-state index contributed by atoms with van der Waals surface area (Å²) in [7, 11) is 0. The number of amides is 4. The zero-order chi connectivity index (χ0) is 26.5. The molecule has 0 aromatic heterocycles. The lowest BCUT2D eigenvalue weighted by Gasteiger charge is -2.26. The number of hydrogen-bond acceptors (Lipinski definition) is 7. The predicted octanol–water partition coefficient (Wildman–Crippen LogP) is -0.663. The minimum absolute atomic E-state index is 0.0124. The van der Waals surface area contributed by atoms with Gasteiger partial charge in [0.2, 0.25) is 23.6 Å². The Kier molecular flexibility index (Phi) is 12.8. The van der Waals surface area contributed by atoms with E-state index in [4.69, 9.17) is 11.5 Å². The molecule has 11 nitrogen and oxygen atoms in total. The second-order valence-corrected chi connectivity index (χ2v) is 9.00. The molecule has 0 radical (unpaired) electrons. The SMILES string of the molecule is CC(C)CC(NC(=O)C(N)CS)C(=O)NC(CCC(N)=O)C(=O)NC(Cc1ccccc1)C(=O)O. The van der Waals surface area contributed by atoms with E-state index in [1.807, 2.05) is 13.8 Å². The molecule has 4 amide bonds. The van der Waals surface area contributed by atoms with Gasteiger partial charge in [0.05, 0.1) is 6.04 Å². The molecular weight excluding hydrogens is 474 g/mol. The number of carbonyl (C=O) groups is 5. The number of thiol groups is 1. The number of rotatable bonds is 15. The minimum atomic E-state index is -1.27. The van der Waals surface area contributed by atoms with E-state index in [1.54, 1.807) is 30.3 Å². The molecule has 0 aliphatic carbocycles. The highest BCUT2D eigenvalue weighted by atomic mass is 32.1. The van der Waals surface area contributed by atoms with E-state index in [-0.39, 0.29) is 37.4 Å². The van der Waals surface area contributed by atoms with E-state index in [9.17, 15) is 29.1 Å². The molecule has 0 saturated carbocycles. The predicted molar refractivity (Wildman–Crippen MR) is 133 cm³/mol. The Balaban J connectivity index is 3.03. The van der Waals surface area contributed by atoms with Crippen LogP contribution in [0.4, 0.5) is 0 Å². The molecule has 4 atom stereocenters. The van der Waals surface area contributed by atoms with Crippen LogP contribution in [0.2, 0.25) is 0 Å². The Morgan fingerprint density at radius 1 is 0.914 bits per heavy atom. The number of nitrogens with two attached hydrogens (primary N) is 2. The molecule has 194 valence electrons. The van der Waals surface area contributed by atoms with Crippen molar-refractivity contribution in [1.82, 2.24) is 16.0 Å². The number of carboxylic acid groups (broad SMARTS) is 1. The van der Waals surface area contributed by atoms with Crippen LogP contribution in [-0.2, 0) is 30.4 Å². The topological polar surface area (TPSA) is 194 Å². The average molecular weight is 510 g/mol. The van der Waals surface area contributed by atoms with Crippen LogP contribution >= 0.6 is 12.6 Å². The maximum absolute atomic E-state index is 13.0. The van der Waals surface area contributed by atoms with Gasteiger partial charge in [-0.05, 0) is 24.3 Å². The van der Waals surface area contributed by atoms with Crippen molar-refractivity contribution in [3.05, 3.63) is 35.9 Å². The number of benzene rings is 1. The zero-order valence-electron chi connectivity index (χ0n) is 19.9. The second kappa shape index (κ2) is 15.0. The van der Waals surface area contributed by atoms with E-state index in [0.717, 1.165) is 0 Å². The molecule has 0 aliphatic rings. The summed E-state index contributed by atoms with van der Waals surface area (Å²) in [6.07, 6.45) is -0.0948. The van der Waals surface area contributed by atoms with Crippen molar-refractivity contribution in [3.63, 3.8) is 0 Å². The molecule has 0 bridgehead atoms. The number of carboxylic acids is 1. The van der Waals surface area contributed by atoms with E-state index < -0.39 is 53.8 Å². The molecule has 35 heavy (non-hydrogen) atoms. The first-order valence-corrected chi connectivity index (χ1v) is 11.9. The number of hydrogen-bond donors (Lipinski definition) is 7. The molecule has 0 heterocycles. The van der Waals surface area contributed by atoms with Crippen molar-refractivity contribution in [2.45, 2.75) is 63.7 Å². The van der Waals surface area contributed by atoms with E-state index in [2.05, 4.69) is 28.6 Å². The van der Waals surface area contributed by atoms with Crippen molar-refractivity contribution in [1.29, 1.82) is 0 Å². The van der Waals surface area contributed by atoms with Crippen LogP contribution in [0.25, 0.3) is 0 Å². The van der Waals surface area contributed by atoms with Crippen molar-refractivity contribution < 1.29 is 29.1 Å². The summed E-state index contributed by atoms with van der Waals surface area (Å²) in [4.78, 5) is 61.3. The smallest absolute Gasteiger partial charge is 0.326 e. The monoisotopic (exact) mass is 509 g/mol. The Bertz CT molecular complexity index is 882. The highest BCUT2D eigenvalue weighted by Gasteiger charge is 2.30. The first kappa shape index (κ1) is 29.9. The first-order chi connectivity index (χ1) is 16.4. The third-order valence-electron chi connectivity index (χ3n) is 5.08. The molecule has 1 rings (SSSR count). The van der Waals surface area contributed by atoms with Gasteiger partial charge >= 0.3 is 5.97 Å². The molecule has 0 saturated heterocycles. The highest BCUT2D eigenvalue weighted by molar-refractivity contribution is 7.80. The molecule has 1 aromatic rings. The van der Waals surface area contributed by atoms with E-state index >= 15 is 0 Å². The standard InChI is InChI=1S/C23H35N5O6S/c1-13(2)10-17(27-20(30)15(24)12-35)22(32)26-16(8-9-19(25)29)21(31)28-18(23(33)34)11-14-6-4-3-5-7-14/h3-7,13,15-18,35H,8-12,24H2,1-2H3,(H2,25,29)(H,26,32)(H,27,30)(H,28,31)(H,33,34). The molecule has 12 heteroatoms. The Morgan fingerprint density at radius 2 is 1.46 bits per heavy atom. The molecule has 0 aliphatic heterocycles. The Hall–Kier alpha value is -3.12. The van der Waals surface area contributed by atoms with Gasteiger partial charge in [0, 0.05) is 18.6 Å². The van der Waals surface area contributed by atoms with Gasteiger partial charge in [-0.1, -0.05) is 44.2 Å². The fourth-order valence-electron chi connectivity index (χ4n) is 3.21. The average Bonchev–Trinajstić information content (AvgIpc) is 2.80. The summed E-state index contributed by atoms with van der Waals surface area (Å²) in [6.45, 7) is 3.70. The van der Waals surface area contributed by atoms with Crippen LogP contribution in [0.3, 0.4) is 0 Å². The second-order valence-electron chi connectivity index (χ2n) is 8.64. The van der Waals surface area contributed by atoms with Gasteiger partial charge in [0.15, 0.2) is 0 Å². The van der Waals surface area contributed by atoms with Crippen LogP contribution in [0.1, 0.15) is 38.7 Å². The quantitative estimate of drug-likeness (QED) is 0.152. The molecule has 1 aromatic carbocycles.